The van der Waals surface area contributed by atoms with Gasteiger partial charge in [-0.3, -0.25) is 4.98 Å². The first kappa shape index (κ1) is 12.6. The molecule has 1 aromatic heterocycles. The third-order valence-corrected chi connectivity index (χ3v) is 2.85. The van der Waals surface area contributed by atoms with Crippen molar-refractivity contribution in [2.45, 2.75) is 19.4 Å². The first-order chi connectivity index (χ1) is 8.59. The predicted molar refractivity (Wildman–Crippen MR) is 66.0 cm³/mol. The van der Waals surface area contributed by atoms with Gasteiger partial charge in [0.1, 0.15) is 11.6 Å². The second-order valence-corrected chi connectivity index (χ2v) is 4.22. The molecular formula is C14H14F2N2. The van der Waals surface area contributed by atoms with E-state index in [0.717, 1.165) is 0 Å². The van der Waals surface area contributed by atoms with E-state index in [1.165, 1.54) is 12.1 Å². The fourth-order valence-electron chi connectivity index (χ4n) is 1.86. The topological polar surface area (TPSA) is 38.9 Å². The summed E-state index contributed by atoms with van der Waals surface area (Å²) >= 11 is 0. The summed E-state index contributed by atoms with van der Waals surface area (Å²) in [5.41, 5.74) is 6.91. The monoisotopic (exact) mass is 248 g/mol. The van der Waals surface area contributed by atoms with Gasteiger partial charge in [0.15, 0.2) is 0 Å². The van der Waals surface area contributed by atoms with E-state index in [1.807, 2.05) is 6.07 Å². The van der Waals surface area contributed by atoms with E-state index >= 15 is 0 Å². The van der Waals surface area contributed by atoms with Crippen LogP contribution in [0.2, 0.25) is 0 Å². The Balaban J connectivity index is 2.29. The summed E-state index contributed by atoms with van der Waals surface area (Å²) in [6, 6.07) is 7.29. The number of pyridine rings is 1. The van der Waals surface area contributed by atoms with E-state index < -0.39 is 17.7 Å². The molecule has 1 unspecified atom stereocenters. The second kappa shape index (κ2) is 5.23. The molecule has 1 atom stereocenters. The Morgan fingerprint density at radius 3 is 2.67 bits per heavy atom. The summed E-state index contributed by atoms with van der Waals surface area (Å²) in [4.78, 5) is 4.10. The highest BCUT2D eigenvalue weighted by atomic mass is 19.1. The minimum absolute atomic E-state index is 0.0688. The number of hydrogen-bond acceptors (Lipinski definition) is 2. The average molecular weight is 248 g/mol. The minimum Gasteiger partial charge on any atom is -0.323 e. The van der Waals surface area contributed by atoms with E-state index in [9.17, 15) is 8.78 Å². The molecule has 94 valence electrons. The zero-order valence-corrected chi connectivity index (χ0v) is 10.0. The number of halogens is 2. The van der Waals surface area contributed by atoms with Crippen LogP contribution in [0.15, 0.2) is 36.5 Å². The average Bonchev–Trinajstić information content (AvgIpc) is 2.36. The number of nitrogens with two attached hydrogens (primary N) is 1. The number of hydrogen-bond donors (Lipinski definition) is 1. The van der Waals surface area contributed by atoms with Crippen molar-refractivity contribution < 1.29 is 8.78 Å². The van der Waals surface area contributed by atoms with Gasteiger partial charge < -0.3 is 5.73 Å². The van der Waals surface area contributed by atoms with Gasteiger partial charge in [0.05, 0.1) is 0 Å². The quantitative estimate of drug-likeness (QED) is 0.907. The molecule has 2 N–H and O–H groups in total. The van der Waals surface area contributed by atoms with Crippen molar-refractivity contribution in [2.75, 3.05) is 0 Å². The fraction of sp³-hybridized carbons (Fsp3) is 0.214. The summed E-state index contributed by atoms with van der Waals surface area (Å²) in [6.45, 7) is 1.59. The van der Waals surface area contributed by atoms with Crippen LogP contribution in [-0.4, -0.2) is 4.98 Å². The lowest BCUT2D eigenvalue weighted by Gasteiger charge is -2.14. The van der Waals surface area contributed by atoms with E-state index in [-0.39, 0.29) is 5.56 Å². The lowest BCUT2D eigenvalue weighted by Crippen LogP contribution is -2.18. The van der Waals surface area contributed by atoms with Crippen LogP contribution in [0.4, 0.5) is 8.78 Å². The molecule has 0 spiro atoms. The highest BCUT2D eigenvalue weighted by molar-refractivity contribution is 5.30. The Hall–Kier alpha value is -1.81. The molecule has 0 aliphatic heterocycles. The Kier molecular flexibility index (Phi) is 3.67. The van der Waals surface area contributed by atoms with Crippen molar-refractivity contribution in [3.63, 3.8) is 0 Å². The van der Waals surface area contributed by atoms with Gasteiger partial charge in [-0.1, -0.05) is 12.1 Å². The predicted octanol–water partition coefficient (Wildman–Crippen LogP) is 2.91. The maximum Gasteiger partial charge on any atom is 0.133 e. The molecule has 4 heteroatoms. The number of rotatable bonds is 3. The van der Waals surface area contributed by atoms with Crippen LogP contribution >= 0.6 is 0 Å². The van der Waals surface area contributed by atoms with Crippen molar-refractivity contribution in [3.05, 3.63) is 65.0 Å². The number of aryl methyl sites for hydroxylation is 1. The van der Waals surface area contributed by atoms with Crippen LogP contribution in [0.3, 0.4) is 0 Å². The summed E-state index contributed by atoms with van der Waals surface area (Å²) in [7, 11) is 0. The zero-order valence-electron chi connectivity index (χ0n) is 10.0. The first-order valence-corrected chi connectivity index (χ1v) is 5.69. The fourth-order valence-corrected chi connectivity index (χ4v) is 1.86. The molecule has 0 aliphatic rings. The van der Waals surface area contributed by atoms with Gasteiger partial charge in [-0.25, -0.2) is 8.78 Å². The molecule has 0 radical (unpaired) electrons. The van der Waals surface area contributed by atoms with Gasteiger partial charge in [-0.05, 0) is 30.7 Å². The van der Waals surface area contributed by atoms with Gasteiger partial charge in [0.25, 0.3) is 0 Å². The molecule has 2 nitrogen and oxygen atoms in total. The van der Waals surface area contributed by atoms with Crippen molar-refractivity contribution >= 4 is 0 Å². The normalized spacial score (nSPS) is 12.4. The van der Waals surface area contributed by atoms with Gasteiger partial charge in [-0.2, -0.15) is 0 Å². The van der Waals surface area contributed by atoms with Crippen molar-refractivity contribution in [2.24, 2.45) is 5.73 Å². The Bertz CT molecular complexity index is 541. The number of nitrogens with zero attached hydrogens (tertiary/aromatic N) is 1. The largest absolute Gasteiger partial charge is 0.323 e. The van der Waals surface area contributed by atoms with Gasteiger partial charge in [0.2, 0.25) is 0 Å². The van der Waals surface area contributed by atoms with Crippen LogP contribution in [0.5, 0.6) is 0 Å². The molecule has 1 heterocycles. The lowest BCUT2D eigenvalue weighted by molar-refractivity contribution is 0.518. The summed E-state index contributed by atoms with van der Waals surface area (Å²) in [5, 5.41) is 0. The standard InChI is InChI=1S/C14H14F2N2/c1-9-5-6-11(15)13(14(9)16)12(17)8-10-4-2-3-7-18-10/h2-7,12H,8,17H2,1H3. The third-order valence-electron chi connectivity index (χ3n) is 2.85. The molecule has 0 fully saturated rings. The van der Waals surface area contributed by atoms with Crippen LogP contribution in [-0.2, 0) is 6.42 Å². The molecular weight excluding hydrogens is 234 g/mol. The molecule has 2 aromatic rings. The molecule has 0 amide bonds. The van der Waals surface area contributed by atoms with E-state index in [4.69, 9.17) is 5.73 Å². The molecule has 0 aliphatic carbocycles. The first-order valence-electron chi connectivity index (χ1n) is 5.69. The van der Waals surface area contributed by atoms with Crippen molar-refractivity contribution in [1.82, 2.24) is 4.98 Å². The highest BCUT2D eigenvalue weighted by Gasteiger charge is 2.18. The van der Waals surface area contributed by atoms with Crippen LogP contribution < -0.4 is 5.73 Å². The maximum atomic E-state index is 13.9. The van der Waals surface area contributed by atoms with Crippen LogP contribution in [0.1, 0.15) is 22.9 Å². The molecule has 1 aromatic carbocycles. The Morgan fingerprint density at radius 2 is 2.00 bits per heavy atom. The Labute approximate surface area is 104 Å². The summed E-state index contributed by atoms with van der Waals surface area (Å²) in [5.74, 6) is -1.18. The number of aromatic nitrogens is 1. The van der Waals surface area contributed by atoms with Gasteiger partial charge in [-0.15, -0.1) is 0 Å². The smallest absolute Gasteiger partial charge is 0.133 e. The maximum absolute atomic E-state index is 13.9. The molecule has 0 bridgehead atoms. The SMILES string of the molecule is Cc1ccc(F)c(C(N)Cc2ccccn2)c1F. The van der Waals surface area contributed by atoms with E-state index in [2.05, 4.69) is 4.98 Å². The lowest BCUT2D eigenvalue weighted by atomic mass is 9.99. The number of benzene rings is 1. The van der Waals surface area contributed by atoms with E-state index in [0.29, 0.717) is 17.7 Å². The van der Waals surface area contributed by atoms with Crippen LogP contribution in [0, 0.1) is 18.6 Å². The summed E-state index contributed by atoms with van der Waals surface area (Å²) in [6.07, 6.45) is 1.93. The minimum atomic E-state index is -0.736. The van der Waals surface area contributed by atoms with Gasteiger partial charge in [0, 0.05) is 29.9 Å². The van der Waals surface area contributed by atoms with Crippen molar-refractivity contribution in [3.8, 4) is 0 Å². The summed E-state index contributed by atoms with van der Waals surface area (Å²) < 4.78 is 27.5. The van der Waals surface area contributed by atoms with Crippen molar-refractivity contribution in [1.29, 1.82) is 0 Å². The van der Waals surface area contributed by atoms with Crippen LogP contribution in [0.25, 0.3) is 0 Å². The Morgan fingerprint density at radius 1 is 1.22 bits per heavy atom. The molecule has 2 rings (SSSR count). The molecule has 18 heavy (non-hydrogen) atoms. The second-order valence-electron chi connectivity index (χ2n) is 4.22. The zero-order chi connectivity index (χ0) is 13.1. The van der Waals surface area contributed by atoms with Gasteiger partial charge >= 0.3 is 0 Å². The molecule has 0 saturated carbocycles. The van der Waals surface area contributed by atoms with E-state index in [1.54, 1.807) is 25.3 Å². The third kappa shape index (κ3) is 2.54. The highest BCUT2D eigenvalue weighted by Crippen LogP contribution is 2.23. The molecule has 0 saturated heterocycles.